The number of benzene rings is 3. The van der Waals surface area contributed by atoms with Gasteiger partial charge in [-0.3, -0.25) is 0 Å². The molecule has 5 heteroatoms. The SMILES string of the molecule is COc1ccc(NCc2ccc(OCc3ccc(Br)cc3)c(OC)c2)cc1. The number of anilines is 1. The molecule has 0 heterocycles. The molecule has 3 rings (SSSR count). The van der Waals surface area contributed by atoms with E-state index in [9.17, 15) is 0 Å². The van der Waals surface area contributed by atoms with Crippen LogP contribution in [-0.4, -0.2) is 14.2 Å². The Morgan fingerprint density at radius 2 is 1.48 bits per heavy atom. The second-order valence-electron chi connectivity index (χ2n) is 5.98. The zero-order chi connectivity index (χ0) is 19.1. The minimum absolute atomic E-state index is 0.493. The highest BCUT2D eigenvalue weighted by Gasteiger charge is 2.07. The minimum atomic E-state index is 0.493. The Morgan fingerprint density at radius 1 is 0.778 bits per heavy atom. The number of hydrogen-bond donors (Lipinski definition) is 1. The van der Waals surface area contributed by atoms with Gasteiger partial charge >= 0.3 is 0 Å². The first kappa shape index (κ1) is 19.1. The highest BCUT2D eigenvalue weighted by atomic mass is 79.9. The summed E-state index contributed by atoms with van der Waals surface area (Å²) >= 11 is 3.44. The first-order valence-corrected chi connectivity index (χ1v) is 9.39. The molecule has 4 nitrogen and oxygen atoms in total. The maximum atomic E-state index is 5.92. The van der Waals surface area contributed by atoms with Gasteiger partial charge in [0.15, 0.2) is 11.5 Å². The van der Waals surface area contributed by atoms with Crippen LogP contribution in [0.5, 0.6) is 17.2 Å². The van der Waals surface area contributed by atoms with Crippen LogP contribution in [0.3, 0.4) is 0 Å². The number of rotatable bonds is 8. The van der Waals surface area contributed by atoms with E-state index in [4.69, 9.17) is 14.2 Å². The Labute approximate surface area is 168 Å². The molecule has 0 saturated heterocycles. The average molecular weight is 428 g/mol. The third kappa shape index (κ3) is 5.41. The van der Waals surface area contributed by atoms with Gasteiger partial charge in [0.2, 0.25) is 0 Å². The number of ether oxygens (including phenoxy) is 3. The molecule has 3 aromatic carbocycles. The first-order chi connectivity index (χ1) is 13.2. The number of nitrogens with one attached hydrogen (secondary N) is 1. The van der Waals surface area contributed by atoms with Crippen LogP contribution in [0.1, 0.15) is 11.1 Å². The molecular formula is C22H22BrNO3. The Hall–Kier alpha value is -2.66. The molecule has 0 aromatic heterocycles. The lowest BCUT2D eigenvalue weighted by Gasteiger charge is -2.13. The van der Waals surface area contributed by atoms with Crippen molar-refractivity contribution in [3.05, 3.63) is 82.3 Å². The lowest BCUT2D eigenvalue weighted by Crippen LogP contribution is -2.02. The summed E-state index contributed by atoms with van der Waals surface area (Å²) in [4.78, 5) is 0. The van der Waals surface area contributed by atoms with E-state index in [1.165, 1.54) is 0 Å². The molecule has 1 N–H and O–H groups in total. The summed E-state index contributed by atoms with van der Waals surface area (Å²) in [7, 11) is 3.32. The van der Waals surface area contributed by atoms with Gasteiger partial charge in [-0.2, -0.15) is 0 Å². The molecule has 0 bridgehead atoms. The van der Waals surface area contributed by atoms with E-state index < -0.39 is 0 Å². The van der Waals surface area contributed by atoms with Crippen LogP contribution in [-0.2, 0) is 13.2 Å². The van der Waals surface area contributed by atoms with Gasteiger partial charge in [-0.15, -0.1) is 0 Å². The summed E-state index contributed by atoms with van der Waals surface area (Å²) in [6, 6.07) is 21.9. The van der Waals surface area contributed by atoms with Crippen LogP contribution >= 0.6 is 15.9 Å². The number of methoxy groups -OCH3 is 2. The third-order valence-corrected chi connectivity index (χ3v) is 4.65. The van der Waals surface area contributed by atoms with Gasteiger partial charge in [-0.25, -0.2) is 0 Å². The fraction of sp³-hybridized carbons (Fsp3) is 0.182. The van der Waals surface area contributed by atoms with Gasteiger partial charge < -0.3 is 19.5 Å². The Bertz CT molecular complexity index is 864. The van der Waals surface area contributed by atoms with Crippen molar-refractivity contribution in [3.63, 3.8) is 0 Å². The van der Waals surface area contributed by atoms with Gasteiger partial charge in [0, 0.05) is 16.7 Å². The second-order valence-corrected chi connectivity index (χ2v) is 6.90. The van der Waals surface area contributed by atoms with E-state index in [0.29, 0.717) is 13.2 Å². The Morgan fingerprint density at radius 3 is 2.15 bits per heavy atom. The third-order valence-electron chi connectivity index (χ3n) is 4.12. The summed E-state index contributed by atoms with van der Waals surface area (Å²) in [5.41, 5.74) is 3.24. The molecule has 140 valence electrons. The molecule has 0 amide bonds. The largest absolute Gasteiger partial charge is 0.497 e. The molecule has 27 heavy (non-hydrogen) atoms. The van der Waals surface area contributed by atoms with Gasteiger partial charge in [0.05, 0.1) is 14.2 Å². The predicted octanol–water partition coefficient (Wildman–Crippen LogP) is 5.66. The number of halogens is 1. The van der Waals surface area contributed by atoms with Crippen LogP contribution in [0.2, 0.25) is 0 Å². The van der Waals surface area contributed by atoms with Crippen molar-refractivity contribution in [2.45, 2.75) is 13.2 Å². The van der Waals surface area contributed by atoms with Gasteiger partial charge in [-0.05, 0) is 59.7 Å². The van der Waals surface area contributed by atoms with E-state index >= 15 is 0 Å². The summed E-state index contributed by atoms with van der Waals surface area (Å²) < 4.78 is 17.7. The molecule has 3 aromatic rings. The average Bonchev–Trinajstić information content (AvgIpc) is 2.72. The molecule has 0 atom stereocenters. The fourth-order valence-electron chi connectivity index (χ4n) is 2.60. The van der Waals surface area contributed by atoms with Crippen molar-refractivity contribution in [2.24, 2.45) is 0 Å². The van der Waals surface area contributed by atoms with Crippen LogP contribution in [0, 0.1) is 0 Å². The lowest BCUT2D eigenvalue weighted by molar-refractivity contribution is 0.284. The first-order valence-electron chi connectivity index (χ1n) is 8.60. The standard InChI is InChI=1S/C22H22BrNO3/c1-25-20-10-8-19(9-11-20)24-14-17-5-12-21(22(13-17)26-2)27-15-16-3-6-18(23)7-4-16/h3-13,24H,14-15H2,1-2H3. The van der Waals surface area contributed by atoms with Crippen LogP contribution in [0.4, 0.5) is 5.69 Å². The number of hydrogen-bond acceptors (Lipinski definition) is 4. The lowest BCUT2D eigenvalue weighted by atomic mass is 10.2. The second kappa shape index (κ2) is 9.33. The summed E-state index contributed by atoms with van der Waals surface area (Å²) in [5, 5.41) is 3.39. The van der Waals surface area contributed by atoms with Gasteiger partial charge in [0.1, 0.15) is 12.4 Å². The zero-order valence-electron chi connectivity index (χ0n) is 15.4. The van der Waals surface area contributed by atoms with E-state index in [1.807, 2.05) is 66.7 Å². The summed E-state index contributed by atoms with van der Waals surface area (Å²) in [6.45, 7) is 1.18. The molecule has 0 aliphatic carbocycles. The maximum Gasteiger partial charge on any atom is 0.161 e. The fourth-order valence-corrected chi connectivity index (χ4v) is 2.86. The molecule has 0 aliphatic heterocycles. The van der Waals surface area contributed by atoms with E-state index in [0.717, 1.165) is 38.5 Å². The maximum absolute atomic E-state index is 5.92. The Kier molecular flexibility index (Phi) is 6.60. The highest BCUT2D eigenvalue weighted by molar-refractivity contribution is 9.10. The van der Waals surface area contributed by atoms with E-state index in [2.05, 4.69) is 21.2 Å². The van der Waals surface area contributed by atoms with E-state index in [1.54, 1.807) is 14.2 Å². The van der Waals surface area contributed by atoms with Crippen molar-refractivity contribution in [1.82, 2.24) is 0 Å². The van der Waals surface area contributed by atoms with Crippen molar-refractivity contribution >= 4 is 21.6 Å². The molecule has 0 aliphatic rings. The molecule has 0 radical (unpaired) electrons. The van der Waals surface area contributed by atoms with Crippen LogP contribution < -0.4 is 19.5 Å². The van der Waals surface area contributed by atoms with Crippen LogP contribution in [0.25, 0.3) is 0 Å². The minimum Gasteiger partial charge on any atom is -0.497 e. The molecule has 0 unspecified atom stereocenters. The van der Waals surface area contributed by atoms with Crippen LogP contribution in [0.15, 0.2) is 71.2 Å². The van der Waals surface area contributed by atoms with Crippen molar-refractivity contribution in [3.8, 4) is 17.2 Å². The highest BCUT2D eigenvalue weighted by Crippen LogP contribution is 2.29. The molecule has 0 spiro atoms. The summed E-state index contributed by atoms with van der Waals surface area (Å²) in [5.74, 6) is 2.30. The predicted molar refractivity (Wildman–Crippen MR) is 112 cm³/mol. The Balaban J connectivity index is 1.61. The van der Waals surface area contributed by atoms with Crippen molar-refractivity contribution in [1.29, 1.82) is 0 Å². The smallest absolute Gasteiger partial charge is 0.161 e. The monoisotopic (exact) mass is 427 g/mol. The van der Waals surface area contributed by atoms with Crippen molar-refractivity contribution < 1.29 is 14.2 Å². The van der Waals surface area contributed by atoms with Crippen molar-refractivity contribution in [2.75, 3.05) is 19.5 Å². The van der Waals surface area contributed by atoms with Gasteiger partial charge in [0.25, 0.3) is 0 Å². The molecule has 0 saturated carbocycles. The topological polar surface area (TPSA) is 39.7 Å². The normalized spacial score (nSPS) is 10.3. The summed E-state index contributed by atoms with van der Waals surface area (Å²) in [6.07, 6.45) is 0. The van der Waals surface area contributed by atoms with E-state index in [-0.39, 0.29) is 0 Å². The quantitative estimate of drug-likeness (QED) is 0.503. The zero-order valence-corrected chi connectivity index (χ0v) is 17.0. The van der Waals surface area contributed by atoms with Gasteiger partial charge in [-0.1, -0.05) is 34.1 Å². The molecular weight excluding hydrogens is 406 g/mol. The molecule has 0 fully saturated rings.